The van der Waals surface area contributed by atoms with E-state index in [4.69, 9.17) is 9.51 Å². The van der Waals surface area contributed by atoms with Gasteiger partial charge in [0, 0.05) is 10.8 Å². The van der Waals surface area contributed by atoms with Crippen LogP contribution in [0.15, 0.2) is 10.9 Å². The van der Waals surface area contributed by atoms with Gasteiger partial charge >= 0.3 is 0 Å². The van der Waals surface area contributed by atoms with Crippen LogP contribution in [-0.4, -0.2) is 33.1 Å². The maximum Gasteiger partial charge on any atom is 0.213 e. The lowest BCUT2D eigenvalue weighted by Gasteiger charge is -2.29. The molecule has 2 aromatic heterocycles. The molecule has 2 aliphatic rings. The Morgan fingerprint density at radius 2 is 2.10 bits per heavy atom. The number of hydrogen-bond donors (Lipinski definition) is 0. The fourth-order valence-corrected chi connectivity index (χ4v) is 4.57. The highest BCUT2D eigenvalue weighted by atomic mass is 32.1. The Kier molecular flexibility index (Phi) is 3.73. The van der Waals surface area contributed by atoms with Crippen molar-refractivity contribution in [3.05, 3.63) is 27.8 Å². The number of hydrogen-bond acceptors (Lipinski definition) is 6. The third kappa shape index (κ3) is 2.87. The minimum atomic E-state index is 0.463. The van der Waals surface area contributed by atoms with Gasteiger partial charge in [-0.3, -0.25) is 4.90 Å². The van der Waals surface area contributed by atoms with Crippen LogP contribution in [-0.2, 0) is 19.4 Å². The van der Waals surface area contributed by atoms with Gasteiger partial charge in [-0.1, -0.05) is 5.16 Å². The minimum absolute atomic E-state index is 0.463. The van der Waals surface area contributed by atoms with E-state index >= 15 is 0 Å². The summed E-state index contributed by atoms with van der Waals surface area (Å²) in [5.74, 6) is 1.34. The second-order valence-electron chi connectivity index (χ2n) is 6.02. The van der Waals surface area contributed by atoms with Gasteiger partial charge in [0.1, 0.15) is 5.01 Å². The number of aromatic nitrogens is 3. The van der Waals surface area contributed by atoms with E-state index in [0.717, 1.165) is 38.3 Å². The lowest BCUT2D eigenvalue weighted by molar-refractivity contribution is 0.200. The van der Waals surface area contributed by atoms with Crippen LogP contribution in [0.2, 0.25) is 0 Å². The molecule has 3 heterocycles. The lowest BCUT2D eigenvalue weighted by atomic mass is 9.96. The molecule has 1 aliphatic heterocycles. The molecule has 1 saturated heterocycles. The highest BCUT2D eigenvalue weighted by Gasteiger charge is 2.24. The van der Waals surface area contributed by atoms with Gasteiger partial charge in [-0.25, -0.2) is 4.98 Å². The van der Waals surface area contributed by atoms with Crippen molar-refractivity contribution in [1.29, 1.82) is 0 Å². The van der Waals surface area contributed by atoms with Crippen LogP contribution in [0, 0.1) is 0 Å². The van der Waals surface area contributed by atoms with E-state index in [1.807, 2.05) is 11.3 Å². The molecule has 0 radical (unpaired) electrons. The summed E-state index contributed by atoms with van der Waals surface area (Å²) in [6.45, 7) is 3.21. The molecule has 112 valence electrons. The largest absolute Gasteiger partial charge is 0.343 e. The number of likely N-dealkylation sites (tertiary alicyclic amines) is 1. The third-order valence-electron chi connectivity index (χ3n) is 4.58. The first-order valence-corrected chi connectivity index (χ1v) is 8.66. The van der Waals surface area contributed by atoms with Crippen molar-refractivity contribution in [2.75, 3.05) is 13.1 Å². The predicted molar refractivity (Wildman–Crippen MR) is 80.3 cm³/mol. The zero-order chi connectivity index (χ0) is 14.1. The average Bonchev–Trinajstić information content (AvgIpc) is 3.17. The molecule has 0 aromatic carbocycles. The Morgan fingerprint density at radius 1 is 1.24 bits per heavy atom. The van der Waals surface area contributed by atoms with Crippen LogP contribution in [0.5, 0.6) is 0 Å². The summed E-state index contributed by atoms with van der Waals surface area (Å²) in [4.78, 5) is 13.1. The first-order chi connectivity index (χ1) is 10.4. The standard InChI is InChI=1S/C15H20N4OS/c1-2-4-13-12(3-1)17-14(21-13)9-19-7-5-11(6-8-19)15-16-10-20-18-15/h10-11H,1-9H2. The Morgan fingerprint density at radius 3 is 2.86 bits per heavy atom. The molecule has 5 nitrogen and oxygen atoms in total. The number of piperidine rings is 1. The molecule has 0 N–H and O–H groups in total. The van der Waals surface area contributed by atoms with Crippen LogP contribution in [0.3, 0.4) is 0 Å². The van der Waals surface area contributed by atoms with E-state index in [2.05, 4.69) is 15.0 Å². The molecule has 2 aromatic rings. The van der Waals surface area contributed by atoms with E-state index in [-0.39, 0.29) is 0 Å². The van der Waals surface area contributed by atoms with Gasteiger partial charge in [0.25, 0.3) is 0 Å². The SMILES string of the molecule is c1nc(C2CCN(Cc3nc4c(s3)CCCC4)CC2)no1. The summed E-state index contributed by atoms with van der Waals surface area (Å²) in [6.07, 6.45) is 8.74. The van der Waals surface area contributed by atoms with Gasteiger partial charge in [0.15, 0.2) is 5.82 Å². The van der Waals surface area contributed by atoms with Crippen molar-refractivity contribution < 1.29 is 4.52 Å². The minimum Gasteiger partial charge on any atom is -0.343 e. The Hall–Kier alpha value is -1.27. The molecule has 6 heteroatoms. The van der Waals surface area contributed by atoms with Crippen LogP contribution in [0.4, 0.5) is 0 Å². The van der Waals surface area contributed by atoms with Gasteiger partial charge in [-0.15, -0.1) is 11.3 Å². The van der Waals surface area contributed by atoms with E-state index < -0.39 is 0 Å². The number of thiazole rings is 1. The normalized spacial score (nSPS) is 20.6. The van der Waals surface area contributed by atoms with Crippen LogP contribution < -0.4 is 0 Å². The summed E-state index contributed by atoms with van der Waals surface area (Å²) in [5.41, 5.74) is 1.38. The second kappa shape index (κ2) is 5.85. The van der Waals surface area contributed by atoms with E-state index in [0.29, 0.717) is 5.92 Å². The lowest BCUT2D eigenvalue weighted by Crippen LogP contribution is -2.32. The molecule has 0 amide bonds. The van der Waals surface area contributed by atoms with Crippen molar-refractivity contribution in [3.63, 3.8) is 0 Å². The summed E-state index contributed by atoms with van der Waals surface area (Å²) in [7, 11) is 0. The number of fused-ring (bicyclic) bond motifs is 1. The van der Waals surface area contributed by atoms with Crippen molar-refractivity contribution in [2.24, 2.45) is 0 Å². The molecule has 0 atom stereocenters. The fourth-order valence-electron chi connectivity index (χ4n) is 3.37. The molecule has 0 saturated carbocycles. The maximum absolute atomic E-state index is 4.85. The zero-order valence-corrected chi connectivity index (χ0v) is 12.9. The van der Waals surface area contributed by atoms with E-state index in [9.17, 15) is 0 Å². The molecule has 1 fully saturated rings. The zero-order valence-electron chi connectivity index (χ0n) is 12.1. The van der Waals surface area contributed by atoms with Crippen molar-refractivity contribution >= 4 is 11.3 Å². The number of nitrogens with zero attached hydrogens (tertiary/aromatic N) is 4. The highest BCUT2D eigenvalue weighted by molar-refractivity contribution is 7.11. The molecular formula is C15H20N4OS. The Labute approximate surface area is 128 Å². The van der Waals surface area contributed by atoms with Gasteiger partial charge in [0.2, 0.25) is 6.39 Å². The molecule has 1 aliphatic carbocycles. The smallest absolute Gasteiger partial charge is 0.213 e. The van der Waals surface area contributed by atoms with Crippen molar-refractivity contribution in [2.45, 2.75) is 51.0 Å². The first-order valence-electron chi connectivity index (χ1n) is 7.84. The van der Waals surface area contributed by atoms with Crippen LogP contribution in [0.25, 0.3) is 0 Å². The third-order valence-corrected chi connectivity index (χ3v) is 5.72. The number of aryl methyl sites for hydroxylation is 2. The molecule has 21 heavy (non-hydrogen) atoms. The summed E-state index contributed by atoms with van der Waals surface area (Å²) >= 11 is 1.94. The fraction of sp³-hybridized carbons (Fsp3) is 0.667. The molecular weight excluding hydrogens is 284 g/mol. The van der Waals surface area contributed by atoms with Gasteiger partial charge < -0.3 is 4.52 Å². The van der Waals surface area contributed by atoms with Gasteiger partial charge in [0.05, 0.1) is 12.2 Å². The van der Waals surface area contributed by atoms with Crippen molar-refractivity contribution in [3.8, 4) is 0 Å². The summed E-state index contributed by atoms with van der Waals surface area (Å²) in [5, 5.41) is 5.28. The van der Waals surface area contributed by atoms with Crippen LogP contribution >= 0.6 is 11.3 Å². The average molecular weight is 304 g/mol. The summed E-state index contributed by atoms with van der Waals surface area (Å²) in [6, 6.07) is 0. The quantitative estimate of drug-likeness (QED) is 0.872. The van der Waals surface area contributed by atoms with Gasteiger partial charge in [-0.05, 0) is 51.6 Å². The number of rotatable bonds is 3. The van der Waals surface area contributed by atoms with Crippen LogP contribution in [0.1, 0.15) is 53.0 Å². The predicted octanol–water partition coefficient (Wildman–Crippen LogP) is 2.78. The van der Waals surface area contributed by atoms with Crippen molar-refractivity contribution in [1.82, 2.24) is 20.0 Å². The second-order valence-corrected chi connectivity index (χ2v) is 7.19. The molecule has 0 unspecified atom stereocenters. The monoisotopic (exact) mass is 304 g/mol. The first kappa shape index (κ1) is 13.4. The van der Waals surface area contributed by atoms with Gasteiger partial charge in [-0.2, -0.15) is 4.98 Å². The Bertz CT molecular complexity index is 563. The highest BCUT2D eigenvalue weighted by Crippen LogP contribution is 2.30. The summed E-state index contributed by atoms with van der Waals surface area (Å²) < 4.78 is 4.85. The topological polar surface area (TPSA) is 55.1 Å². The van der Waals surface area contributed by atoms with E-state index in [1.54, 1.807) is 0 Å². The molecule has 0 bridgehead atoms. The Balaban J connectivity index is 1.35. The maximum atomic E-state index is 4.85. The van der Waals surface area contributed by atoms with E-state index in [1.165, 1.54) is 47.7 Å². The molecule has 0 spiro atoms. The molecule has 4 rings (SSSR count).